The largest absolute Gasteiger partial charge is 0.493 e. The zero-order valence-corrected chi connectivity index (χ0v) is 20.4. The highest BCUT2D eigenvalue weighted by atomic mass is 16.5. The maximum absolute atomic E-state index is 13.9. The predicted molar refractivity (Wildman–Crippen MR) is 124 cm³/mol. The minimum Gasteiger partial charge on any atom is -0.493 e. The number of fused-ring (bicyclic) bond motifs is 1. The Morgan fingerprint density at radius 1 is 1.27 bits per heavy atom. The first kappa shape index (κ1) is 23.6. The van der Waals surface area contributed by atoms with Crippen molar-refractivity contribution in [3.05, 3.63) is 35.2 Å². The number of ether oxygens (including phenoxy) is 3. The van der Waals surface area contributed by atoms with Gasteiger partial charge < -0.3 is 24.6 Å². The van der Waals surface area contributed by atoms with Crippen molar-refractivity contribution in [2.75, 3.05) is 20.2 Å². The molecule has 2 N–H and O–H groups in total. The Hall–Kier alpha value is -2.58. The van der Waals surface area contributed by atoms with Crippen LogP contribution in [0.25, 0.3) is 0 Å². The van der Waals surface area contributed by atoms with Crippen LogP contribution in [-0.4, -0.2) is 52.6 Å². The molecule has 1 aromatic heterocycles. The van der Waals surface area contributed by atoms with Gasteiger partial charge in [0, 0.05) is 12.0 Å². The highest BCUT2D eigenvalue weighted by molar-refractivity contribution is 6.10. The molecule has 0 aliphatic carbocycles. The second-order valence-electron chi connectivity index (χ2n) is 10.3. The maximum Gasteiger partial charge on any atom is 0.215 e. The molecule has 1 atom stereocenters. The van der Waals surface area contributed by atoms with Gasteiger partial charge in [-0.05, 0) is 78.7 Å². The number of nitrogens with zero attached hydrogens (tertiary/aromatic N) is 2. The van der Waals surface area contributed by atoms with Gasteiger partial charge in [-0.15, -0.1) is 0 Å². The zero-order valence-electron chi connectivity index (χ0n) is 20.4. The Labute approximate surface area is 195 Å². The van der Waals surface area contributed by atoms with Crippen molar-refractivity contribution >= 4 is 5.78 Å². The normalized spacial score (nSPS) is 19.8. The minimum atomic E-state index is -0.779. The number of carbonyl (C=O) groups is 1. The summed E-state index contributed by atoms with van der Waals surface area (Å²) in [5.41, 5.74) is 0.250. The Balaban J connectivity index is 1.81. The number of hydrogen-bond donors (Lipinski definition) is 2. The van der Waals surface area contributed by atoms with Crippen molar-refractivity contribution < 1.29 is 24.1 Å². The standard InChI is InChI=1S/C25H35N3O5/c1-15(2)32-18-8-7-16(13-19(18)31-6)22(30)21-23-20(27-28(21)24(3,4)5)17(29)14-25(33-23)9-11-26-12-10-25/h7-8,13,15,17,26,29H,9-12,14H2,1-6H3. The van der Waals surface area contributed by atoms with Gasteiger partial charge in [0.15, 0.2) is 22.9 Å². The van der Waals surface area contributed by atoms with E-state index in [4.69, 9.17) is 14.2 Å². The molecule has 1 saturated heterocycles. The SMILES string of the molecule is COc1cc(C(=O)c2c3c(nn2C(C)(C)C)C(O)CC2(CCNCC2)O3)ccc1OC(C)C. The van der Waals surface area contributed by atoms with Crippen molar-refractivity contribution in [3.63, 3.8) is 0 Å². The van der Waals surface area contributed by atoms with E-state index in [0.29, 0.717) is 40.6 Å². The molecule has 2 aliphatic heterocycles. The number of piperidine rings is 1. The van der Waals surface area contributed by atoms with Gasteiger partial charge in [0.05, 0.1) is 18.8 Å². The lowest BCUT2D eigenvalue weighted by molar-refractivity contribution is -0.0350. The van der Waals surface area contributed by atoms with Gasteiger partial charge in [0.1, 0.15) is 17.4 Å². The number of rotatable bonds is 5. The van der Waals surface area contributed by atoms with Crippen molar-refractivity contribution in [1.29, 1.82) is 0 Å². The van der Waals surface area contributed by atoms with Crippen LogP contribution in [0.5, 0.6) is 17.2 Å². The molecule has 0 saturated carbocycles. The molecule has 1 spiro atoms. The van der Waals surface area contributed by atoms with Crippen LogP contribution in [0.3, 0.4) is 0 Å². The van der Waals surface area contributed by atoms with Crippen molar-refractivity contribution in [3.8, 4) is 17.2 Å². The summed E-state index contributed by atoms with van der Waals surface area (Å²) in [7, 11) is 1.55. The summed E-state index contributed by atoms with van der Waals surface area (Å²) < 4.78 is 19.5. The minimum absolute atomic E-state index is 0.0224. The van der Waals surface area contributed by atoms with E-state index >= 15 is 0 Å². The van der Waals surface area contributed by atoms with Gasteiger partial charge in [-0.25, -0.2) is 0 Å². The number of nitrogens with one attached hydrogen (secondary N) is 1. The number of methoxy groups -OCH3 is 1. The van der Waals surface area contributed by atoms with Gasteiger partial charge >= 0.3 is 0 Å². The summed E-state index contributed by atoms with van der Waals surface area (Å²) in [4.78, 5) is 13.9. The average Bonchev–Trinajstić information content (AvgIpc) is 3.13. The summed E-state index contributed by atoms with van der Waals surface area (Å²) >= 11 is 0. The Kier molecular flexibility index (Phi) is 6.18. The summed E-state index contributed by atoms with van der Waals surface area (Å²) in [6.07, 6.45) is 1.22. The van der Waals surface area contributed by atoms with E-state index < -0.39 is 17.2 Å². The van der Waals surface area contributed by atoms with Crippen molar-refractivity contribution in [1.82, 2.24) is 15.1 Å². The summed E-state index contributed by atoms with van der Waals surface area (Å²) in [6, 6.07) is 5.17. The molecule has 2 aliphatic rings. The summed E-state index contributed by atoms with van der Waals surface area (Å²) in [5, 5.41) is 19.0. The highest BCUT2D eigenvalue weighted by Crippen LogP contribution is 2.46. The number of aliphatic hydroxyl groups excluding tert-OH is 1. The van der Waals surface area contributed by atoms with Gasteiger partial charge in [-0.3, -0.25) is 9.48 Å². The molecule has 0 radical (unpaired) electrons. The number of hydrogen-bond acceptors (Lipinski definition) is 7. The lowest BCUT2D eigenvalue weighted by Crippen LogP contribution is -2.49. The second kappa shape index (κ2) is 8.65. The average molecular weight is 458 g/mol. The summed E-state index contributed by atoms with van der Waals surface area (Å²) in [6.45, 7) is 11.4. The van der Waals surface area contributed by atoms with Crippen LogP contribution in [0.2, 0.25) is 0 Å². The molecule has 3 heterocycles. The Morgan fingerprint density at radius 3 is 2.58 bits per heavy atom. The predicted octanol–water partition coefficient (Wildman–Crippen LogP) is 3.60. The third-order valence-electron chi connectivity index (χ3n) is 6.22. The fourth-order valence-electron chi connectivity index (χ4n) is 4.62. The molecule has 0 amide bonds. The molecule has 1 fully saturated rings. The second-order valence-corrected chi connectivity index (χ2v) is 10.3. The quantitative estimate of drug-likeness (QED) is 0.663. The van der Waals surface area contributed by atoms with Gasteiger partial charge in [0.25, 0.3) is 0 Å². The van der Waals surface area contributed by atoms with Crippen LogP contribution >= 0.6 is 0 Å². The summed E-state index contributed by atoms with van der Waals surface area (Å²) in [5.74, 6) is 1.24. The Morgan fingerprint density at radius 2 is 1.97 bits per heavy atom. The third kappa shape index (κ3) is 4.46. The Bertz CT molecular complexity index is 1030. The van der Waals surface area contributed by atoms with E-state index in [1.807, 2.05) is 34.6 Å². The van der Waals surface area contributed by atoms with Crippen LogP contribution in [0.4, 0.5) is 0 Å². The monoisotopic (exact) mass is 457 g/mol. The number of carbonyl (C=O) groups excluding carboxylic acids is 1. The molecule has 33 heavy (non-hydrogen) atoms. The van der Waals surface area contributed by atoms with Crippen molar-refractivity contribution in [2.24, 2.45) is 0 Å². The number of benzene rings is 1. The molecular weight excluding hydrogens is 422 g/mol. The van der Waals surface area contributed by atoms with E-state index in [0.717, 1.165) is 25.9 Å². The lowest BCUT2D eigenvalue weighted by atomic mass is 9.83. The van der Waals surface area contributed by atoms with E-state index in [2.05, 4.69) is 10.4 Å². The lowest BCUT2D eigenvalue weighted by Gasteiger charge is -2.42. The van der Waals surface area contributed by atoms with E-state index in [9.17, 15) is 9.90 Å². The zero-order chi connectivity index (χ0) is 24.0. The van der Waals surface area contributed by atoms with Gasteiger partial charge in [-0.1, -0.05) is 0 Å². The number of aromatic nitrogens is 2. The molecule has 2 aromatic rings. The van der Waals surface area contributed by atoms with Crippen molar-refractivity contribution in [2.45, 2.75) is 77.2 Å². The fraction of sp³-hybridized carbons (Fsp3) is 0.600. The highest BCUT2D eigenvalue weighted by Gasteiger charge is 2.46. The van der Waals surface area contributed by atoms with E-state index in [1.165, 1.54) is 0 Å². The number of aliphatic hydroxyl groups is 1. The molecule has 1 unspecified atom stereocenters. The van der Waals surface area contributed by atoms with Crippen LogP contribution in [0.1, 0.15) is 81.7 Å². The van der Waals surface area contributed by atoms with Crippen LogP contribution in [0.15, 0.2) is 18.2 Å². The van der Waals surface area contributed by atoms with E-state index in [1.54, 1.807) is 30.0 Å². The van der Waals surface area contributed by atoms with Gasteiger partial charge in [0.2, 0.25) is 5.78 Å². The van der Waals surface area contributed by atoms with Crippen LogP contribution < -0.4 is 19.5 Å². The molecule has 0 bridgehead atoms. The molecule has 8 heteroatoms. The molecule has 180 valence electrons. The van der Waals surface area contributed by atoms with E-state index in [-0.39, 0.29) is 11.9 Å². The smallest absolute Gasteiger partial charge is 0.215 e. The topological polar surface area (TPSA) is 94.8 Å². The first-order chi connectivity index (χ1) is 15.5. The molecule has 8 nitrogen and oxygen atoms in total. The van der Waals surface area contributed by atoms with Crippen LogP contribution in [0, 0.1) is 0 Å². The molecule has 4 rings (SSSR count). The van der Waals surface area contributed by atoms with Gasteiger partial charge in [-0.2, -0.15) is 5.10 Å². The molecule has 1 aromatic carbocycles. The fourth-order valence-corrected chi connectivity index (χ4v) is 4.62. The number of ketones is 1. The first-order valence-corrected chi connectivity index (χ1v) is 11.7. The van der Waals surface area contributed by atoms with Crippen LogP contribution in [-0.2, 0) is 5.54 Å². The maximum atomic E-state index is 13.9. The first-order valence-electron chi connectivity index (χ1n) is 11.7. The molecular formula is C25H35N3O5. The third-order valence-corrected chi connectivity index (χ3v) is 6.22.